The van der Waals surface area contributed by atoms with Gasteiger partial charge in [-0.3, -0.25) is 15.0 Å². The van der Waals surface area contributed by atoms with Crippen LogP contribution < -0.4 is 10.6 Å². The van der Waals surface area contributed by atoms with Gasteiger partial charge in [0.1, 0.15) is 6.04 Å². The highest BCUT2D eigenvalue weighted by Gasteiger charge is 2.31. The summed E-state index contributed by atoms with van der Waals surface area (Å²) in [6.07, 6.45) is 4.03. The molecule has 26 heavy (non-hydrogen) atoms. The zero-order valence-corrected chi connectivity index (χ0v) is 14.4. The number of urea groups is 1. The quantitative estimate of drug-likeness (QED) is 0.788. The molecule has 0 unspecified atom stereocenters. The van der Waals surface area contributed by atoms with Crippen molar-refractivity contribution in [2.75, 3.05) is 13.1 Å². The predicted molar refractivity (Wildman–Crippen MR) is 93.0 cm³/mol. The van der Waals surface area contributed by atoms with Crippen molar-refractivity contribution in [3.8, 4) is 11.4 Å². The van der Waals surface area contributed by atoms with Crippen LogP contribution in [-0.4, -0.2) is 46.1 Å². The third kappa shape index (κ3) is 3.75. The monoisotopic (exact) mass is 355 g/mol. The number of nitrogens with zero attached hydrogens (tertiary/aromatic N) is 3. The number of hydrogen-bond acceptors (Lipinski definition) is 6. The van der Waals surface area contributed by atoms with Gasteiger partial charge in [0.2, 0.25) is 11.7 Å². The van der Waals surface area contributed by atoms with Gasteiger partial charge in [-0.05, 0) is 37.6 Å². The highest BCUT2D eigenvalue weighted by atomic mass is 16.5. The van der Waals surface area contributed by atoms with E-state index >= 15 is 0 Å². The average Bonchev–Trinajstić information content (AvgIpc) is 3.23. The van der Waals surface area contributed by atoms with Gasteiger partial charge in [0, 0.05) is 12.1 Å². The van der Waals surface area contributed by atoms with Crippen molar-refractivity contribution < 1.29 is 14.1 Å². The molecule has 136 valence electrons. The Morgan fingerprint density at radius 1 is 1.19 bits per heavy atom. The van der Waals surface area contributed by atoms with Crippen molar-refractivity contribution in [1.29, 1.82) is 0 Å². The van der Waals surface area contributed by atoms with Crippen LogP contribution in [0.5, 0.6) is 0 Å². The zero-order valence-electron chi connectivity index (χ0n) is 14.4. The van der Waals surface area contributed by atoms with Gasteiger partial charge in [-0.1, -0.05) is 29.8 Å². The minimum Gasteiger partial charge on any atom is -0.339 e. The maximum Gasteiger partial charge on any atom is 0.322 e. The van der Waals surface area contributed by atoms with Crippen molar-refractivity contribution >= 4 is 11.9 Å². The molecule has 0 spiro atoms. The second-order valence-corrected chi connectivity index (χ2v) is 6.77. The Labute approximate surface area is 150 Å². The van der Waals surface area contributed by atoms with Crippen LogP contribution >= 0.6 is 0 Å². The Morgan fingerprint density at radius 2 is 2.04 bits per heavy atom. The third-order valence-corrected chi connectivity index (χ3v) is 4.75. The van der Waals surface area contributed by atoms with Crippen LogP contribution in [0, 0.1) is 0 Å². The number of hydrogen-bond donors (Lipinski definition) is 2. The summed E-state index contributed by atoms with van der Waals surface area (Å²) in [5.41, 5.74) is 2.10. The van der Waals surface area contributed by atoms with E-state index in [0.29, 0.717) is 11.7 Å². The van der Waals surface area contributed by atoms with E-state index < -0.39 is 12.1 Å². The molecule has 0 radical (unpaired) electrons. The van der Waals surface area contributed by atoms with Crippen LogP contribution in [0.3, 0.4) is 0 Å². The van der Waals surface area contributed by atoms with E-state index in [9.17, 15) is 9.59 Å². The fraction of sp³-hybridized carbons (Fsp3) is 0.444. The Kier molecular flexibility index (Phi) is 4.66. The van der Waals surface area contributed by atoms with Crippen molar-refractivity contribution in [2.45, 2.75) is 38.3 Å². The summed E-state index contributed by atoms with van der Waals surface area (Å²) in [5, 5.41) is 8.73. The van der Waals surface area contributed by atoms with Crippen LogP contribution in [0.25, 0.3) is 11.4 Å². The molecule has 0 saturated carbocycles. The molecule has 3 heterocycles. The number of aromatic nitrogens is 2. The fourth-order valence-electron chi connectivity index (χ4n) is 3.42. The summed E-state index contributed by atoms with van der Waals surface area (Å²) >= 11 is 0. The first-order valence-electron chi connectivity index (χ1n) is 8.93. The smallest absolute Gasteiger partial charge is 0.322 e. The van der Waals surface area contributed by atoms with Gasteiger partial charge in [0.15, 0.2) is 0 Å². The minimum atomic E-state index is -0.666. The van der Waals surface area contributed by atoms with Gasteiger partial charge in [0.05, 0.1) is 6.42 Å². The number of carbonyl (C=O) groups is 2. The SMILES string of the molecule is O=C1NC(=O)[C@H](Cc2nc(-c3cccc(CN4CCCCC4)c3)no2)N1. The van der Waals surface area contributed by atoms with Crippen LogP contribution in [0.1, 0.15) is 30.7 Å². The normalized spacial score (nSPS) is 20.8. The van der Waals surface area contributed by atoms with Crippen LogP contribution in [0.4, 0.5) is 4.79 Å². The lowest BCUT2D eigenvalue weighted by atomic mass is 10.1. The van der Waals surface area contributed by atoms with Gasteiger partial charge in [-0.25, -0.2) is 4.79 Å². The van der Waals surface area contributed by atoms with E-state index in [0.717, 1.165) is 25.2 Å². The van der Waals surface area contributed by atoms with Crippen molar-refractivity contribution in [1.82, 2.24) is 25.7 Å². The van der Waals surface area contributed by atoms with E-state index in [1.54, 1.807) is 0 Å². The molecule has 1 aromatic heterocycles. The number of carbonyl (C=O) groups excluding carboxylic acids is 2. The number of nitrogens with one attached hydrogen (secondary N) is 2. The molecule has 3 amide bonds. The summed E-state index contributed by atoms with van der Waals surface area (Å²) in [5.74, 6) is 0.437. The van der Waals surface area contributed by atoms with Crippen molar-refractivity contribution in [2.24, 2.45) is 0 Å². The summed E-state index contributed by atoms with van der Waals surface area (Å²) in [4.78, 5) is 29.6. The Hall–Kier alpha value is -2.74. The van der Waals surface area contributed by atoms with E-state index in [-0.39, 0.29) is 12.3 Å². The van der Waals surface area contributed by atoms with E-state index in [2.05, 4.69) is 37.8 Å². The summed E-state index contributed by atoms with van der Waals surface area (Å²) in [7, 11) is 0. The molecular formula is C18H21N5O3. The minimum absolute atomic E-state index is 0.179. The van der Waals surface area contributed by atoms with E-state index in [1.165, 1.54) is 24.8 Å². The number of benzene rings is 1. The third-order valence-electron chi connectivity index (χ3n) is 4.75. The van der Waals surface area contributed by atoms with E-state index in [1.807, 2.05) is 12.1 Å². The number of imide groups is 1. The molecule has 8 heteroatoms. The van der Waals surface area contributed by atoms with Gasteiger partial charge in [0.25, 0.3) is 5.91 Å². The average molecular weight is 355 g/mol. The van der Waals surface area contributed by atoms with E-state index in [4.69, 9.17) is 4.52 Å². The number of rotatable bonds is 5. The maximum absolute atomic E-state index is 11.6. The Balaban J connectivity index is 1.44. The zero-order chi connectivity index (χ0) is 17.9. The Morgan fingerprint density at radius 3 is 2.81 bits per heavy atom. The lowest BCUT2D eigenvalue weighted by molar-refractivity contribution is -0.120. The Bertz CT molecular complexity index is 813. The molecule has 4 rings (SSSR count). The number of amides is 3. The second-order valence-electron chi connectivity index (χ2n) is 6.77. The summed E-state index contributed by atoms with van der Waals surface area (Å²) in [6, 6.07) is 6.96. The molecule has 0 aliphatic carbocycles. The molecule has 2 saturated heterocycles. The van der Waals surface area contributed by atoms with Crippen molar-refractivity contribution in [3.05, 3.63) is 35.7 Å². The molecule has 0 bridgehead atoms. The number of piperidine rings is 1. The van der Waals surface area contributed by atoms with Crippen LogP contribution in [0.2, 0.25) is 0 Å². The highest BCUT2D eigenvalue weighted by Crippen LogP contribution is 2.20. The topological polar surface area (TPSA) is 100 Å². The summed E-state index contributed by atoms with van der Waals surface area (Å²) in [6.45, 7) is 3.21. The molecule has 2 aliphatic rings. The molecule has 2 aromatic rings. The molecule has 2 N–H and O–H groups in total. The first-order chi connectivity index (χ1) is 12.7. The van der Waals surface area contributed by atoms with Gasteiger partial charge >= 0.3 is 6.03 Å². The molecule has 2 aliphatic heterocycles. The van der Waals surface area contributed by atoms with Gasteiger partial charge < -0.3 is 9.84 Å². The predicted octanol–water partition coefficient (Wildman–Crippen LogP) is 1.47. The molecule has 1 atom stereocenters. The van der Waals surface area contributed by atoms with Crippen LogP contribution in [0.15, 0.2) is 28.8 Å². The summed E-state index contributed by atoms with van der Waals surface area (Å²) < 4.78 is 5.25. The van der Waals surface area contributed by atoms with Crippen molar-refractivity contribution in [3.63, 3.8) is 0 Å². The first-order valence-corrected chi connectivity index (χ1v) is 8.93. The second kappa shape index (κ2) is 7.25. The van der Waals surface area contributed by atoms with Crippen LogP contribution in [-0.2, 0) is 17.8 Å². The number of likely N-dealkylation sites (tertiary alicyclic amines) is 1. The lowest BCUT2D eigenvalue weighted by Crippen LogP contribution is -2.31. The molecular weight excluding hydrogens is 334 g/mol. The fourth-order valence-corrected chi connectivity index (χ4v) is 3.42. The standard InChI is InChI=1S/C18H21N5O3/c24-17-14(19-18(25)21-17)10-15-20-16(22-26-15)13-6-4-5-12(9-13)11-23-7-2-1-3-8-23/h4-6,9,14H,1-3,7-8,10-11H2,(H2,19,21,24,25)/t14-/m0/s1. The highest BCUT2D eigenvalue weighted by molar-refractivity contribution is 6.04. The first kappa shape index (κ1) is 16.7. The molecule has 8 nitrogen and oxygen atoms in total. The largest absolute Gasteiger partial charge is 0.339 e. The lowest BCUT2D eigenvalue weighted by Gasteiger charge is -2.26. The molecule has 1 aromatic carbocycles. The van der Waals surface area contributed by atoms with Gasteiger partial charge in [-0.15, -0.1) is 0 Å². The molecule has 2 fully saturated rings. The van der Waals surface area contributed by atoms with Gasteiger partial charge in [-0.2, -0.15) is 4.98 Å². The maximum atomic E-state index is 11.6.